The molecule has 0 radical (unpaired) electrons. The third-order valence-electron chi connectivity index (χ3n) is 19.0. The number of hydrogen-bond donors (Lipinski definition) is 3. The average Bonchev–Trinajstić information content (AvgIpc) is 3.42. The number of carboxylic acid groups (broad SMARTS) is 1. The van der Waals surface area contributed by atoms with Crippen LogP contribution in [0, 0.1) is 69.5 Å². The lowest BCUT2D eigenvalue weighted by atomic mass is 9.33. The van der Waals surface area contributed by atoms with Gasteiger partial charge in [-0.15, -0.1) is 0 Å². The van der Waals surface area contributed by atoms with Crippen molar-refractivity contribution >= 4 is 29.5 Å². The van der Waals surface area contributed by atoms with Crippen molar-refractivity contribution in [2.45, 2.75) is 170 Å². The molecule has 322 valence electrons. The molecule has 1 unspecified atom stereocenters. The number of nitrogens with one attached hydrogen (secondary N) is 2. The van der Waals surface area contributed by atoms with Crippen LogP contribution in [0.25, 0.3) is 0 Å². The molecular formula is C49H69N3O7. The van der Waals surface area contributed by atoms with Crippen LogP contribution in [0.1, 0.15) is 162 Å². The molecular weight excluding hydrogens is 743 g/mol. The van der Waals surface area contributed by atoms with Crippen molar-refractivity contribution in [3.63, 3.8) is 0 Å². The molecule has 7 aliphatic carbocycles. The number of aryl methyl sites for hydroxylation is 1. The molecule has 59 heavy (non-hydrogen) atoms. The van der Waals surface area contributed by atoms with Gasteiger partial charge < -0.3 is 20.5 Å². The maximum Gasteiger partial charge on any atom is 0.309 e. The number of allylic oxidation sites excluding steroid dienone is 1. The first-order chi connectivity index (χ1) is 27.5. The second kappa shape index (κ2) is 13.7. The van der Waals surface area contributed by atoms with E-state index in [4.69, 9.17) is 4.74 Å². The molecule has 1 aromatic rings. The van der Waals surface area contributed by atoms with Crippen molar-refractivity contribution in [2.75, 3.05) is 0 Å². The minimum absolute atomic E-state index is 0.00923. The van der Waals surface area contributed by atoms with Gasteiger partial charge in [-0.1, -0.05) is 62.3 Å². The van der Waals surface area contributed by atoms with Crippen LogP contribution in [-0.2, 0) is 23.9 Å². The zero-order chi connectivity index (χ0) is 42.9. The first-order valence-electron chi connectivity index (χ1n) is 22.8. The fourth-order valence-corrected chi connectivity index (χ4v) is 15.1. The zero-order valence-electron chi connectivity index (χ0n) is 37.3. The number of Topliss-reactive ketones (excluding diaryl/α,β-unsaturated/α-hetero) is 1. The number of esters is 1. The number of aliphatic carboxylic acids is 1. The van der Waals surface area contributed by atoms with Crippen molar-refractivity contribution < 1.29 is 33.8 Å². The summed E-state index contributed by atoms with van der Waals surface area (Å²) in [4.78, 5) is 72.1. The topological polar surface area (TPSA) is 152 Å². The zero-order valence-corrected chi connectivity index (χ0v) is 37.3. The van der Waals surface area contributed by atoms with Crippen molar-refractivity contribution in [3.05, 3.63) is 40.7 Å². The van der Waals surface area contributed by atoms with Crippen LogP contribution in [0.5, 0.6) is 0 Å². The monoisotopic (exact) mass is 812 g/mol. The molecule has 10 heteroatoms. The minimum Gasteiger partial charge on any atom is -0.481 e. The van der Waals surface area contributed by atoms with Gasteiger partial charge in [0.05, 0.1) is 22.9 Å². The number of pyridine rings is 1. The molecule has 3 N–H and O–H groups in total. The average molecular weight is 812 g/mol. The largest absolute Gasteiger partial charge is 0.481 e. The molecule has 0 aliphatic heterocycles. The second-order valence-corrected chi connectivity index (χ2v) is 22.6. The second-order valence-electron chi connectivity index (χ2n) is 22.6. The standard InChI is InChI=1S/C49H69N3O7/c1-27(2)37-33(53)25-49(52-42(58)48(18-11-19-48)51-39(54)29-13-12-28(3)50-26-29)23-22-46(9)30(38(37)49)14-15-35-45(8)20-17-36(44(6,7)34(45)16-21-47(35,46)10)59-41(57)32-24-31(40(55)56)43(32,4)5/h12-13,26-27,30-32,34-36H,11,14-25H2,1-10H3,(H,51,54)(H,52,58)(H,55,56)/t30-,31+,32?,34+,35-,36+,45+,46-,47-,49-/m1/s1. The van der Waals surface area contributed by atoms with Crippen LogP contribution in [0.4, 0.5) is 0 Å². The molecule has 0 spiro atoms. The Kier molecular flexibility index (Phi) is 9.80. The van der Waals surface area contributed by atoms with E-state index in [1.165, 1.54) is 5.57 Å². The third-order valence-corrected chi connectivity index (χ3v) is 19.0. The Bertz CT molecular complexity index is 2000. The minimum atomic E-state index is -1.02. The van der Waals surface area contributed by atoms with Crippen molar-refractivity contribution in [1.29, 1.82) is 0 Å². The Morgan fingerprint density at radius 3 is 2.12 bits per heavy atom. The highest BCUT2D eigenvalue weighted by Gasteiger charge is 2.71. The lowest BCUT2D eigenvalue weighted by Crippen LogP contribution is -2.70. The van der Waals surface area contributed by atoms with Crippen molar-refractivity contribution in [3.8, 4) is 0 Å². The maximum atomic E-state index is 14.6. The molecule has 10 atom stereocenters. The summed E-state index contributed by atoms with van der Waals surface area (Å²) in [6, 6.07) is 3.55. The van der Waals surface area contributed by atoms with E-state index in [0.29, 0.717) is 43.1 Å². The number of hydrogen-bond acceptors (Lipinski definition) is 7. The molecule has 6 saturated carbocycles. The molecule has 1 heterocycles. The number of carboxylic acids is 1. The number of aromatic nitrogens is 1. The van der Waals surface area contributed by atoms with Gasteiger partial charge in [-0.3, -0.25) is 29.0 Å². The molecule has 7 aliphatic rings. The number of rotatable bonds is 8. The first kappa shape index (κ1) is 42.1. The van der Waals surface area contributed by atoms with E-state index >= 15 is 0 Å². The fourth-order valence-electron chi connectivity index (χ4n) is 15.1. The molecule has 6 fully saturated rings. The van der Waals surface area contributed by atoms with E-state index in [9.17, 15) is 29.1 Å². The summed E-state index contributed by atoms with van der Waals surface area (Å²) >= 11 is 0. The highest BCUT2D eigenvalue weighted by atomic mass is 16.5. The smallest absolute Gasteiger partial charge is 0.309 e. The summed E-state index contributed by atoms with van der Waals surface area (Å²) in [6.07, 6.45) is 11.3. The van der Waals surface area contributed by atoms with Crippen LogP contribution in [0.3, 0.4) is 0 Å². The van der Waals surface area contributed by atoms with Crippen LogP contribution < -0.4 is 10.6 Å². The molecule has 2 amide bonds. The van der Waals surface area contributed by atoms with E-state index in [0.717, 1.165) is 62.6 Å². The lowest BCUT2D eigenvalue weighted by Gasteiger charge is -2.72. The van der Waals surface area contributed by atoms with Gasteiger partial charge in [0.15, 0.2) is 5.78 Å². The van der Waals surface area contributed by atoms with E-state index < -0.39 is 34.3 Å². The van der Waals surface area contributed by atoms with Gasteiger partial charge in [0.2, 0.25) is 5.91 Å². The number of fused-ring (bicyclic) bond motifs is 7. The number of ketones is 1. The normalized spacial score (nSPS) is 39.9. The predicted molar refractivity (Wildman–Crippen MR) is 224 cm³/mol. The summed E-state index contributed by atoms with van der Waals surface area (Å²) in [5.74, 6) is -1.36. The van der Waals surface area contributed by atoms with Crippen LogP contribution in [0.2, 0.25) is 0 Å². The van der Waals surface area contributed by atoms with Crippen molar-refractivity contribution in [1.82, 2.24) is 15.6 Å². The summed E-state index contributed by atoms with van der Waals surface area (Å²) < 4.78 is 6.42. The summed E-state index contributed by atoms with van der Waals surface area (Å²) in [5, 5.41) is 16.3. The maximum absolute atomic E-state index is 14.6. The summed E-state index contributed by atoms with van der Waals surface area (Å²) in [6.45, 7) is 22.0. The quantitative estimate of drug-likeness (QED) is 0.221. The van der Waals surface area contributed by atoms with Gasteiger partial charge in [0.25, 0.3) is 5.91 Å². The molecule has 0 bridgehead atoms. The molecule has 1 aromatic heterocycles. The van der Waals surface area contributed by atoms with E-state index in [1.54, 1.807) is 18.3 Å². The molecule has 0 aromatic carbocycles. The number of carbonyl (C=O) groups is 5. The number of nitrogens with zero attached hydrogens (tertiary/aromatic N) is 1. The van der Waals surface area contributed by atoms with Gasteiger partial charge in [-0.25, -0.2) is 0 Å². The third kappa shape index (κ3) is 5.96. The fraction of sp³-hybridized carbons (Fsp3) is 0.755. The Morgan fingerprint density at radius 1 is 0.814 bits per heavy atom. The highest BCUT2D eigenvalue weighted by molar-refractivity contribution is 6.04. The van der Waals surface area contributed by atoms with Crippen LogP contribution in [-0.4, -0.2) is 56.8 Å². The Morgan fingerprint density at radius 2 is 1.53 bits per heavy atom. The molecule has 8 rings (SSSR count). The first-order valence-corrected chi connectivity index (χ1v) is 22.8. The molecule has 10 nitrogen and oxygen atoms in total. The van der Waals surface area contributed by atoms with Gasteiger partial charge >= 0.3 is 11.9 Å². The Balaban J connectivity index is 1.05. The lowest BCUT2D eigenvalue weighted by molar-refractivity contribution is -0.235. The van der Waals surface area contributed by atoms with E-state index in [2.05, 4.69) is 64.1 Å². The predicted octanol–water partition coefficient (Wildman–Crippen LogP) is 8.55. The Labute approximate surface area is 351 Å². The summed E-state index contributed by atoms with van der Waals surface area (Å²) in [5.41, 5.74) is 0.614. The molecule has 0 saturated heterocycles. The van der Waals surface area contributed by atoms with Gasteiger partial charge in [0.1, 0.15) is 11.6 Å². The van der Waals surface area contributed by atoms with Gasteiger partial charge in [-0.05, 0) is 153 Å². The van der Waals surface area contributed by atoms with Crippen molar-refractivity contribution in [2.24, 2.45) is 62.6 Å². The summed E-state index contributed by atoms with van der Waals surface area (Å²) in [7, 11) is 0. The van der Waals surface area contributed by atoms with E-state index in [-0.39, 0.29) is 69.6 Å². The van der Waals surface area contributed by atoms with E-state index in [1.807, 2.05) is 20.8 Å². The number of ether oxygens (including phenoxy) is 1. The number of amides is 2. The SMILES string of the molecule is Cc1ccc(C(=O)NC2(C(=O)N[C@@]34CC[C@]5(C)[C@H](CC[C@@H]6[C@@]7(C)CC[C@H](OC(=O)C8C[C@@H](C(=O)O)C8(C)C)C(C)(C)[C@@H]7CC[C@]65C)C3=C(C(C)C)C(=O)C4)CCC2)cn1. The van der Waals surface area contributed by atoms with Gasteiger partial charge in [0, 0.05) is 23.7 Å². The number of carbonyl (C=O) groups excluding carboxylic acids is 4. The van der Waals surface area contributed by atoms with Crippen LogP contribution in [0.15, 0.2) is 29.5 Å². The van der Waals surface area contributed by atoms with Gasteiger partial charge in [-0.2, -0.15) is 0 Å². The Hall–Kier alpha value is -3.56. The highest BCUT2D eigenvalue weighted by Crippen LogP contribution is 2.76. The van der Waals surface area contributed by atoms with Crippen LogP contribution >= 0.6 is 0 Å².